The molecule has 1 aromatic heterocycles. The van der Waals surface area contributed by atoms with Crippen molar-refractivity contribution in [1.29, 1.82) is 0 Å². The van der Waals surface area contributed by atoms with Gasteiger partial charge in [-0.2, -0.15) is 5.10 Å². The highest BCUT2D eigenvalue weighted by Crippen LogP contribution is 2.25. The molecule has 1 fully saturated rings. The number of amides is 1. The van der Waals surface area contributed by atoms with Gasteiger partial charge in [-0.1, -0.05) is 13.8 Å². The second-order valence-corrected chi connectivity index (χ2v) is 6.71. The summed E-state index contributed by atoms with van der Waals surface area (Å²) in [6.45, 7) is 13.3. The van der Waals surface area contributed by atoms with E-state index >= 15 is 0 Å². The van der Waals surface area contributed by atoms with E-state index in [-0.39, 0.29) is 5.91 Å². The summed E-state index contributed by atoms with van der Waals surface area (Å²) in [5, 5.41) is 4.71. The topological polar surface area (TPSA) is 38.1 Å². The number of aryl methyl sites for hydroxylation is 2. The molecule has 0 atom stereocenters. The van der Waals surface area contributed by atoms with Crippen LogP contribution in [-0.4, -0.2) is 33.7 Å². The summed E-state index contributed by atoms with van der Waals surface area (Å²) in [5.41, 5.74) is 3.88. The number of hydrogen-bond donors (Lipinski definition) is 0. The van der Waals surface area contributed by atoms with Gasteiger partial charge in [0.2, 0.25) is 5.91 Å². The van der Waals surface area contributed by atoms with Crippen molar-refractivity contribution < 1.29 is 4.79 Å². The molecule has 0 bridgehead atoms. The van der Waals surface area contributed by atoms with Gasteiger partial charge in [0, 0.05) is 32.3 Å². The van der Waals surface area contributed by atoms with Crippen molar-refractivity contribution >= 4 is 5.91 Å². The quantitative estimate of drug-likeness (QED) is 0.854. The van der Waals surface area contributed by atoms with Crippen LogP contribution in [0.3, 0.4) is 0 Å². The summed E-state index contributed by atoms with van der Waals surface area (Å²) in [7, 11) is 0. The maximum absolute atomic E-state index is 11.4. The lowest BCUT2D eigenvalue weighted by molar-refractivity contribution is -0.130. The molecule has 4 nitrogen and oxygen atoms in total. The van der Waals surface area contributed by atoms with Crippen molar-refractivity contribution in [3.8, 4) is 0 Å². The van der Waals surface area contributed by atoms with Crippen molar-refractivity contribution in [2.24, 2.45) is 5.92 Å². The summed E-state index contributed by atoms with van der Waals surface area (Å²) in [6.07, 6.45) is 3.44. The zero-order valence-corrected chi connectivity index (χ0v) is 14.1. The molecule has 118 valence electrons. The molecule has 1 aromatic rings. The molecule has 1 aliphatic heterocycles. The predicted molar refractivity (Wildman–Crippen MR) is 85.4 cm³/mol. The van der Waals surface area contributed by atoms with Gasteiger partial charge in [0.1, 0.15) is 0 Å². The molecule has 0 aliphatic carbocycles. The van der Waals surface area contributed by atoms with Crippen LogP contribution in [0.2, 0.25) is 0 Å². The Bertz CT molecular complexity index is 496. The maximum Gasteiger partial charge on any atom is 0.219 e. The maximum atomic E-state index is 11.4. The fraction of sp³-hybridized carbons (Fsp3) is 0.765. The van der Waals surface area contributed by atoms with Crippen LogP contribution >= 0.6 is 0 Å². The Morgan fingerprint density at radius 2 is 1.90 bits per heavy atom. The van der Waals surface area contributed by atoms with Gasteiger partial charge in [0.05, 0.1) is 5.69 Å². The summed E-state index contributed by atoms with van der Waals surface area (Å²) < 4.78 is 2.21. The fourth-order valence-electron chi connectivity index (χ4n) is 3.43. The second kappa shape index (κ2) is 6.63. The molecule has 0 unspecified atom stereocenters. The van der Waals surface area contributed by atoms with Gasteiger partial charge in [-0.05, 0) is 50.5 Å². The standard InChI is InChI=1S/C17H29N3O/c1-12(2)17-13(3)14(4)18-20(17)11-8-16-6-9-19(10-7-16)15(5)21/h12,16H,6-11H2,1-5H3. The number of aromatic nitrogens is 2. The molecular weight excluding hydrogens is 262 g/mol. The Kier molecular flexibility index (Phi) is 5.07. The number of carbonyl (C=O) groups is 1. The van der Waals surface area contributed by atoms with E-state index in [0.717, 1.165) is 44.1 Å². The zero-order chi connectivity index (χ0) is 15.6. The number of hydrogen-bond acceptors (Lipinski definition) is 2. The van der Waals surface area contributed by atoms with Crippen LogP contribution in [0.15, 0.2) is 0 Å². The first-order valence-corrected chi connectivity index (χ1v) is 8.19. The molecule has 1 amide bonds. The van der Waals surface area contributed by atoms with Gasteiger partial charge in [-0.15, -0.1) is 0 Å². The number of likely N-dealkylation sites (tertiary alicyclic amines) is 1. The molecule has 2 heterocycles. The first-order valence-electron chi connectivity index (χ1n) is 8.19. The van der Waals surface area contributed by atoms with Crippen LogP contribution in [-0.2, 0) is 11.3 Å². The molecule has 0 aromatic carbocycles. The monoisotopic (exact) mass is 291 g/mol. The van der Waals surface area contributed by atoms with Crippen molar-refractivity contribution in [2.45, 2.75) is 66.3 Å². The van der Waals surface area contributed by atoms with Gasteiger partial charge in [0.15, 0.2) is 0 Å². The van der Waals surface area contributed by atoms with Crippen LogP contribution in [0, 0.1) is 19.8 Å². The van der Waals surface area contributed by atoms with Crippen molar-refractivity contribution in [1.82, 2.24) is 14.7 Å². The Morgan fingerprint density at radius 1 is 1.29 bits per heavy atom. The van der Waals surface area contributed by atoms with Gasteiger partial charge in [-0.25, -0.2) is 0 Å². The van der Waals surface area contributed by atoms with Gasteiger partial charge < -0.3 is 4.90 Å². The van der Waals surface area contributed by atoms with E-state index < -0.39 is 0 Å². The fourth-order valence-corrected chi connectivity index (χ4v) is 3.43. The molecule has 1 saturated heterocycles. The minimum atomic E-state index is 0.217. The molecule has 0 N–H and O–H groups in total. The minimum Gasteiger partial charge on any atom is -0.343 e. The molecule has 2 rings (SSSR count). The largest absolute Gasteiger partial charge is 0.343 e. The molecular formula is C17H29N3O. The summed E-state index contributed by atoms with van der Waals surface area (Å²) in [5.74, 6) is 1.46. The Hall–Kier alpha value is -1.32. The van der Waals surface area contributed by atoms with Crippen LogP contribution < -0.4 is 0 Å². The van der Waals surface area contributed by atoms with E-state index in [0.29, 0.717) is 5.92 Å². The highest BCUT2D eigenvalue weighted by atomic mass is 16.2. The molecule has 0 saturated carbocycles. The highest BCUT2D eigenvalue weighted by molar-refractivity contribution is 5.73. The lowest BCUT2D eigenvalue weighted by atomic mass is 9.93. The van der Waals surface area contributed by atoms with E-state index in [9.17, 15) is 4.79 Å². The smallest absolute Gasteiger partial charge is 0.219 e. The lowest BCUT2D eigenvalue weighted by Crippen LogP contribution is -2.37. The van der Waals surface area contributed by atoms with Crippen molar-refractivity contribution in [3.63, 3.8) is 0 Å². The SMILES string of the molecule is CC(=O)N1CCC(CCn2nc(C)c(C)c2C(C)C)CC1. The Balaban J connectivity index is 1.93. The summed E-state index contributed by atoms with van der Waals surface area (Å²) in [6, 6.07) is 0. The zero-order valence-electron chi connectivity index (χ0n) is 14.1. The molecule has 4 heteroatoms. The Labute approximate surface area is 128 Å². The van der Waals surface area contributed by atoms with Crippen LogP contribution in [0.5, 0.6) is 0 Å². The number of carbonyl (C=O) groups excluding carboxylic acids is 1. The molecule has 21 heavy (non-hydrogen) atoms. The normalized spacial score (nSPS) is 16.8. The van der Waals surface area contributed by atoms with E-state index in [1.165, 1.54) is 17.7 Å². The number of rotatable bonds is 4. The van der Waals surface area contributed by atoms with E-state index in [1.807, 2.05) is 4.90 Å². The molecule has 0 radical (unpaired) electrons. The Morgan fingerprint density at radius 3 is 2.43 bits per heavy atom. The molecule has 0 spiro atoms. The lowest BCUT2D eigenvalue weighted by Gasteiger charge is -2.31. The minimum absolute atomic E-state index is 0.217. The third-order valence-electron chi connectivity index (χ3n) is 4.83. The van der Waals surface area contributed by atoms with Gasteiger partial charge >= 0.3 is 0 Å². The van der Waals surface area contributed by atoms with E-state index in [1.54, 1.807) is 6.92 Å². The van der Waals surface area contributed by atoms with E-state index in [2.05, 4.69) is 32.4 Å². The first-order chi connectivity index (χ1) is 9.90. The number of piperidine rings is 1. The van der Waals surface area contributed by atoms with Crippen molar-refractivity contribution in [3.05, 3.63) is 17.0 Å². The average molecular weight is 291 g/mol. The first kappa shape index (κ1) is 16.1. The average Bonchev–Trinajstić information content (AvgIpc) is 2.72. The van der Waals surface area contributed by atoms with Crippen LogP contribution in [0.25, 0.3) is 0 Å². The van der Waals surface area contributed by atoms with Crippen LogP contribution in [0.4, 0.5) is 0 Å². The van der Waals surface area contributed by atoms with Crippen LogP contribution in [0.1, 0.15) is 62.9 Å². The second-order valence-electron chi connectivity index (χ2n) is 6.71. The third-order valence-corrected chi connectivity index (χ3v) is 4.83. The van der Waals surface area contributed by atoms with Gasteiger partial charge in [0.25, 0.3) is 0 Å². The number of nitrogens with zero attached hydrogens (tertiary/aromatic N) is 3. The summed E-state index contributed by atoms with van der Waals surface area (Å²) in [4.78, 5) is 13.3. The predicted octanol–water partition coefficient (Wildman–Crippen LogP) is 3.27. The van der Waals surface area contributed by atoms with Gasteiger partial charge in [-0.3, -0.25) is 9.48 Å². The van der Waals surface area contributed by atoms with Crippen molar-refractivity contribution in [2.75, 3.05) is 13.1 Å². The summed E-state index contributed by atoms with van der Waals surface area (Å²) >= 11 is 0. The third kappa shape index (κ3) is 3.66. The van der Waals surface area contributed by atoms with E-state index in [4.69, 9.17) is 5.10 Å². The molecule has 1 aliphatic rings. The highest BCUT2D eigenvalue weighted by Gasteiger charge is 2.21.